The number of carbonyl (C=O) groups is 3. The zero-order valence-corrected chi connectivity index (χ0v) is 29.6. The zero-order valence-electron chi connectivity index (χ0n) is 28.6. The van der Waals surface area contributed by atoms with Crippen molar-refractivity contribution in [2.45, 2.75) is 69.1 Å². The Morgan fingerprint density at radius 1 is 1.06 bits per heavy atom. The molecule has 0 aromatic heterocycles. The second-order valence-electron chi connectivity index (χ2n) is 13.7. The maximum Gasteiger partial charge on any atom is 0.264 e. The lowest BCUT2D eigenvalue weighted by molar-refractivity contribution is -0.150. The van der Waals surface area contributed by atoms with Crippen LogP contribution in [0.4, 0.5) is 15.5 Å². The number of fused-ring (bicyclic) bond motifs is 2. The average Bonchev–Trinajstić information content (AvgIpc) is 3.75. The normalized spacial score (nSPS) is 24.8. The highest BCUT2D eigenvalue weighted by Gasteiger charge is 2.67. The van der Waals surface area contributed by atoms with E-state index in [1.165, 1.54) is 0 Å². The topological polar surface area (TPSA) is 118 Å². The first-order valence-corrected chi connectivity index (χ1v) is 19.7. The summed E-state index contributed by atoms with van der Waals surface area (Å²) in [7, 11) is -0.389. The number of halogens is 1. The van der Waals surface area contributed by atoms with Gasteiger partial charge in [0.15, 0.2) is 5.60 Å². The molecule has 3 aliphatic heterocycles. The van der Waals surface area contributed by atoms with Crippen LogP contribution in [0.25, 0.3) is 0 Å². The number of ether oxygens (including phenoxy) is 3. The SMILES string of the molecule is COc1ccc(C(=O)Nc2cccc(CN3C(=O)[C@@]4(O[C@@H](CC(=O)N5CCC[C@H]5CO)[C@H]([Si](C)(C)F)[C@H]4C)c4cc(OC)ccc43)c2)cc1. The highest BCUT2D eigenvalue weighted by atomic mass is 28.4. The number of carbonyl (C=O) groups excluding carboxylic acids is 3. The Kier molecular flexibility index (Phi) is 9.58. The second kappa shape index (κ2) is 13.6. The first-order chi connectivity index (χ1) is 23.4. The Morgan fingerprint density at radius 3 is 2.45 bits per heavy atom. The van der Waals surface area contributed by atoms with E-state index in [-0.39, 0.29) is 43.3 Å². The van der Waals surface area contributed by atoms with Gasteiger partial charge in [-0.3, -0.25) is 14.4 Å². The number of aliphatic hydroxyl groups excluding tert-OH is 1. The number of anilines is 2. The molecule has 3 aromatic rings. The van der Waals surface area contributed by atoms with Gasteiger partial charge in [0, 0.05) is 34.8 Å². The van der Waals surface area contributed by atoms with Gasteiger partial charge in [-0.2, -0.15) is 0 Å². The maximum atomic E-state index is 16.3. The van der Waals surface area contributed by atoms with Crippen molar-refractivity contribution in [3.8, 4) is 11.5 Å². The predicted molar refractivity (Wildman–Crippen MR) is 186 cm³/mol. The van der Waals surface area contributed by atoms with Crippen LogP contribution in [0.3, 0.4) is 0 Å². The lowest BCUT2D eigenvalue weighted by atomic mass is 9.82. The van der Waals surface area contributed by atoms with Gasteiger partial charge in [0.05, 0.1) is 51.6 Å². The molecule has 0 unspecified atom stereocenters. The molecular weight excluding hydrogens is 646 g/mol. The number of rotatable bonds is 10. The maximum absolute atomic E-state index is 16.3. The van der Waals surface area contributed by atoms with Gasteiger partial charge in [-0.05, 0) is 86.1 Å². The highest BCUT2D eigenvalue weighted by molar-refractivity contribution is 6.72. The Labute approximate surface area is 287 Å². The summed E-state index contributed by atoms with van der Waals surface area (Å²) in [6.45, 7) is 5.64. The molecular formula is C37H44FN3O7Si. The summed E-state index contributed by atoms with van der Waals surface area (Å²) in [6.07, 6.45) is 0.612. The quantitative estimate of drug-likeness (QED) is 0.209. The summed E-state index contributed by atoms with van der Waals surface area (Å²) < 4.78 is 33.8. The van der Waals surface area contributed by atoms with Gasteiger partial charge in [0.2, 0.25) is 14.3 Å². The molecule has 10 nitrogen and oxygen atoms in total. The van der Waals surface area contributed by atoms with Crippen molar-refractivity contribution < 1.29 is 37.8 Å². The van der Waals surface area contributed by atoms with Gasteiger partial charge in [-0.15, -0.1) is 0 Å². The summed E-state index contributed by atoms with van der Waals surface area (Å²) >= 11 is 0. The van der Waals surface area contributed by atoms with Gasteiger partial charge in [0.1, 0.15) is 11.5 Å². The minimum absolute atomic E-state index is 0.0733. The summed E-state index contributed by atoms with van der Waals surface area (Å²) in [5.74, 6) is -0.219. The van der Waals surface area contributed by atoms with Gasteiger partial charge in [-0.25, -0.2) is 0 Å². The first kappa shape index (κ1) is 34.6. The summed E-state index contributed by atoms with van der Waals surface area (Å²) in [5, 5.41) is 12.8. The Hall–Kier alpha value is -4.26. The largest absolute Gasteiger partial charge is 0.497 e. The highest BCUT2D eigenvalue weighted by Crippen LogP contribution is 2.60. The first-order valence-electron chi connectivity index (χ1n) is 16.7. The fraction of sp³-hybridized carbons (Fsp3) is 0.432. The van der Waals surface area contributed by atoms with Crippen LogP contribution in [0.1, 0.15) is 47.7 Å². The Morgan fingerprint density at radius 2 is 1.78 bits per heavy atom. The summed E-state index contributed by atoms with van der Waals surface area (Å²) in [5.41, 5.74) is 0.820. The lowest BCUT2D eigenvalue weighted by Gasteiger charge is -2.31. The fourth-order valence-electron chi connectivity index (χ4n) is 8.03. The predicted octanol–water partition coefficient (Wildman–Crippen LogP) is 5.65. The molecule has 0 saturated carbocycles. The van der Waals surface area contributed by atoms with Crippen LogP contribution in [-0.2, 0) is 26.5 Å². The monoisotopic (exact) mass is 689 g/mol. The van der Waals surface area contributed by atoms with Gasteiger partial charge >= 0.3 is 0 Å². The molecule has 6 rings (SSSR count). The van der Waals surface area contributed by atoms with Crippen molar-refractivity contribution >= 4 is 37.5 Å². The molecule has 260 valence electrons. The summed E-state index contributed by atoms with van der Waals surface area (Å²) in [4.78, 5) is 44.7. The van der Waals surface area contributed by atoms with Crippen molar-refractivity contribution in [1.82, 2.24) is 4.90 Å². The number of nitrogens with one attached hydrogen (secondary N) is 1. The van der Waals surface area contributed by atoms with E-state index in [1.807, 2.05) is 31.2 Å². The van der Waals surface area contributed by atoms with Crippen LogP contribution < -0.4 is 19.7 Å². The van der Waals surface area contributed by atoms with E-state index in [1.54, 1.807) is 79.6 Å². The number of likely N-dealkylation sites (tertiary alicyclic amines) is 1. The minimum atomic E-state index is -3.50. The van der Waals surface area contributed by atoms with E-state index in [9.17, 15) is 19.5 Å². The fourth-order valence-corrected chi connectivity index (χ4v) is 10.5. The van der Waals surface area contributed by atoms with Gasteiger partial charge < -0.3 is 38.5 Å². The molecule has 2 fully saturated rings. The molecule has 2 saturated heterocycles. The molecule has 0 bridgehead atoms. The van der Waals surface area contributed by atoms with E-state index in [0.717, 1.165) is 12.0 Å². The van der Waals surface area contributed by atoms with E-state index in [0.29, 0.717) is 47.0 Å². The smallest absolute Gasteiger partial charge is 0.264 e. The number of methoxy groups -OCH3 is 2. The van der Waals surface area contributed by atoms with Crippen LogP contribution >= 0.6 is 0 Å². The molecule has 3 aliphatic rings. The van der Waals surface area contributed by atoms with Gasteiger partial charge in [-0.1, -0.05) is 19.1 Å². The van der Waals surface area contributed by atoms with Crippen molar-refractivity contribution in [2.75, 3.05) is 37.6 Å². The minimum Gasteiger partial charge on any atom is -0.497 e. The molecule has 12 heteroatoms. The van der Waals surface area contributed by atoms with Crippen LogP contribution in [0.5, 0.6) is 11.5 Å². The van der Waals surface area contributed by atoms with Crippen LogP contribution in [-0.4, -0.2) is 75.7 Å². The second-order valence-corrected chi connectivity index (χ2v) is 17.5. The third kappa shape index (κ3) is 6.33. The standard InChI is InChI=1S/C37H44FN3O7Si/c1-23-34(49(4,5)38)32(20-33(43)40-17-7-10-27(40)22-42)48-37(23)30-19-29(47-3)15-16-31(30)41(36(37)45)21-24-8-6-9-26(18-24)39-35(44)25-11-13-28(46-2)14-12-25/h6,8-9,11-16,18-19,23,27,32,34,42H,7,10,17,20-22H2,1-5H3,(H,39,44)/t23-,27+,32+,34-,37+/m1/s1. The average molecular weight is 690 g/mol. The molecule has 3 aromatic carbocycles. The zero-order chi connectivity index (χ0) is 35.1. The summed E-state index contributed by atoms with van der Waals surface area (Å²) in [6, 6.07) is 19.2. The third-order valence-corrected chi connectivity index (χ3v) is 12.8. The van der Waals surface area contributed by atoms with Crippen LogP contribution in [0.15, 0.2) is 66.7 Å². The van der Waals surface area contributed by atoms with Crippen molar-refractivity contribution in [1.29, 1.82) is 0 Å². The van der Waals surface area contributed by atoms with Crippen LogP contribution in [0, 0.1) is 5.92 Å². The van der Waals surface area contributed by atoms with E-state index < -0.39 is 31.6 Å². The van der Waals surface area contributed by atoms with Crippen molar-refractivity contribution in [3.05, 3.63) is 83.4 Å². The van der Waals surface area contributed by atoms with Crippen LogP contribution in [0.2, 0.25) is 18.6 Å². The van der Waals surface area contributed by atoms with E-state index >= 15 is 4.11 Å². The number of amides is 3. The number of aliphatic hydroxyl groups is 1. The number of nitrogens with zero attached hydrogens (tertiary/aromatic N) is 2. The van der Waals surface area contributed by atoms with Crippen molar-refractivity contribution in [2.24, 2.45) is 5.92 Å². The molecule has 1 spiro atoms. The molecule has 49 heavy (non-hydrogen) atoms. The molecule has 2 N–H and O–H groups in total. The molecule has 5 atom stereocenters. The molecule has 3 heterocycles. The number of hydrogen-bond acceptors (Lipinski definition) is 7. The number of hydrogen-bond donors (Lipinski definition) is 2. The lowest BCUT2D eigenvalue weighted by Crippen LogP contribution is -2.45. The molecule has 0 radical (unpaired) electrons. The van der Waals surface area contributed by atoms with E-state index in [4.69, 9.17) is 14.2 Å². The molecule has 0 aliphatic carbocycles. The number of benzene rings is 3. The third-order valence-electron chi connectivity index (χ3n) is 10.3. The Balaban J connectivity index is 1.31. The van der Waals surface area contributed by atoms with E-state index in [2.05, 4.69) is 5.32 Å². The van der Waals surface area contributed by atoms with Gasteiger partial charge in [0.25, 0.3) is 11.8 Å². The van der Waals surface area contributed by atoms with Crippen molar-refractivity contribution in [3.63, 3.8) is 0 Å². The Bertz CT molecular complexity index is 1730. The molecule has 3 amide bonds.